The van der Waals surface area contributed by atoms with Crippen LogP contribution in [0.1, 0.15) is 55.1 Å². The molecule has 10 heteroatoms. The number of nitrogens with one attached hydrogen (secondary N) is 1. The molecule has 6 rings (SSSR count). The third-order valence-electron chi connectivity index (χ3n) is 7.56. The molecule has 2 fully saturated rings. The van der Waals surface area contributed by atoms with Crippen LogP contribution in [0.4, 0.5) is 5.95 Å². The van der Waals surface area contributed by atoms with Gasteiger partial charge in [-0.15, -0.1) is 5.10 Å². The summed E-state index contributed by atoms with van der Waals surface area (Å²) in [5.74, 6) is 2.77. The lowest BCUT2D eigenvalue weighted by Gasteiger charge is -2.30. The Hall–Kier alpha value is -3.25. The number of hydrogen-bond acceptors (Lipinski definition) is 7. The first-order chi connectivity index (χ1) is 19.1. The minimum absolute atomic E-state index is 0.346. The number of pyridine rings is 1. The van der Waals surface area contributed by atoms with Crippen LogP contribution in [-0.2, 0) is 6.42 Å². The molecule has 1 saturated carbocycles. The van der Waals surface area contributed by atoms with Crippen LogP contribution in [-0.4, -0.2) is 55.6 Å². The molecular weight excluding hydrogens is 531 g/mol. The molecule has 1 saturated heterocycles. The normalized spacial score (nSPS) is 16.4. The third kappa shape index (κ3) is 6.17. The van der Waals surface area contributed by atoms with E-state index in [1.165, 1.54) is 19.4 Å². The molecule has 1 aliphatic heterocycles. The maximum absolute atomic E-state index is 8.98. The minimum atomic E-state index is 0.346. The van der Waals surface area contributed by atoms with Crippen LogP contribution in [0.3, 0.4) is 0 Å². The highest BCUT2D eigenvalue weighted by atomic mass is 35.5. The molecule has 1 aliphatic carbocycles. The average molecular weight is 562 g/mol. The Kier molecular flexibility index (Phi) is 7.64. The van der Waals surface area contributed by atoms with E-state index in [1.54, 1.807) is 18.3 Å². The van der Waals surface area contributed by atoms with Crippen molar-refractivity contribution in [2.24, 2.45) is 5.92 Å². The highest BCUT2D eigenvalue weighted by Crippen LogP contribution is 2.34. The zero-order chi connectivity index (χ0) is 26.8. The molecule has 200 valence electrons. The SMILES string of the molecule is N#Cc1ccc(CCCNc2nc(-c3ccc(Cl)cc3Cl)cc3nc(C4CCN(CC5CC5)CC4)nn23)nc1. The fourth-order valence-electron chi connectivity index (χ4n) is 5.18. The van der Waals surface area contributed by atoms with Gasteiger partial charge < -0.3 is 10.2 Å². The summed E-state index contributed by atoms with van der Waals surface area (Å²) in [5.41, 5.74) is 3.78. The first kappa shape index (κ1) is 26.0. The fraction of sp³-hybridized carbons (Fsp3) is 0.414. The summed E-state index contributed by atoms with van der Waals surface area (Å²) in [6.45, 7) is 4.13. The molecule has 1 aromatic carbocycles. The van der Waals surface area contributed by atoms with Crippen LogP contribution in [0.5, 0.6) is 0 Å². The average Bonchev–Trinajstić information content (AvgIpc) is 3.66. The molecule has 2 aliphatic rings. The predicted molar refractivity (Wildman–Crippen MR) is 153 cm³/mol. The van der Waals surface area contributed by atoms with Gasteiger partial charge in [0.05, 0.1) is 16.3 Å². The summed E-state index contributed by atoms with van der Waals surface area (Å²) in [7, 11) is 0. The van der Waals surface area contributed by atoms with Gasteiger partial charge in [-0.05, 0) is 87.9 Å². The van der Waals surface area contributed by atoms with E-state index in [2.05, 4.69) is 21.3 Å². The second kappa shape index (κ2) is 11.5. The van der Waals surface area contributed by atoms with E-state index in [4.69, 9.17) is 43.5 Å². The quantitative estimate of drug-likeness (QED) is 0.251. The van der Waals surface area contributed by atoms with Crippen molar-refractivity contribution in [1.82, 2.24) is 29.5 Å². The third-order valence-corrected chi connectivity index (χ3v) is 8.11. The molecule has 0 radical (unpaired) electrons. The summed E-state index contributed by atoms with van der Waals surface area (Å²) in [5, 5.41) is 18.5. The Balaban J connectivity index is 1.22. The summed E-state index contributed by atoms with van der Waals surface area (Å²) >= 11 is 12.7. The highest BCUT2D eigenvalue weighted by Gasteiger charge is 2.29. The first-order valence-corrected chi connectivity index (χ1v) is 14.4. The van der Waals surface area contributed by atoms with Crippen molar-refractivity contribution in [3.63, 3.8) is 0 Å². The molecule has 4 aromatic rings. The number of aromatic nitrogens is 5. The molecule has 0 bridgehead atoms. The number of rotatable bonds is 9. The Labute approximate surface area is 238 Å². The lowest BCUT2D eigenvalue weighted by molar-refractivity contribution is 0.202. The maximum atomic E-state index is 8.98. The van der Waals surface area contributed by atoms with Gasteiger partial charge in [-0.25, -0.2) is 9.97 Å². The van der Waals surface area contributed by atoms with Crippen LogP contribution in [0.2, 0.25) is 10.0 Å². The van der Waals surface area contributed by atoms with Crippen molar-refractivity contribution >= 4 is 34.8 Å². The fourth-order valence-corrected chi connectivity index (χ4v) is 5.68. The Morgan fingerprint density at radius 1 is 1.03 bits per heavy atom. The molecule has 0 amide bonds. The van der Waals surface area contributed by atoms with E-state index in [0.717, 1.165) is 73.1 Å². The van der Waals surface area contributed by atoms with Gasteiger partial charge in [-0.1, -0.05) is 23.2 Å². The van der Waals surface area contributed by atoms with E-state index in [1.807, 2.05) is 28.8 Å². The van der Waals surface area contributed by atoms with Gasteiger partial charge in [0, 0.05) is 47.6 Å². The van der Waals surface area contributed by atoms with Gasteiger partial charge >= 0.3 is 0 Å². The number of anilines is 1. The van der Waals surface area contributed by atoms with Gasteiger partial charge in [0.15, 0.2) is 11.5 Å². The number of hydrogen-bond donors (Lipinski definition) is 1. The number of nitrogens with zero attached hydrogens (tertiary/aromatic N) is 7. The Morgan fingerprint density at radius 3 is 2.59 bits per heavy atom. The summed E-state index contributed by atoms with van der Waals surface area (Å²) in [4.78, 5) is 16.8. The summed E-state index contributed by atoms with van der Waals surface area (Å²) in [6, 6.07) is 13.2. The molecule has 3 aromatic heterocycles. The maximum Gasteiger partial charge on any atom is 0.226 e. The van der Waals surface area contributed by atoms with Gasteiger partial charge in [-0.3, -0.25) is 4.98 Å². The predicted octanol–water partition coefficient (Wildman–Crippen LogP) is 6.00. The molecule has 0 atom stereocenters. The zero-order valence-electron chi connectivity index (χ0n) is 21.7. The Bertz CT molecular complexity index is 1500. The van der Waals surface area contributed by atoms with Gasteiger partial charge in [0.25, 0.3) is 0 Å². The van der Waals surface area contributed by atoms with Crippen LogP contribution in [0.25, 0.3) is 16.9 Å². The Morgan fingerprint density at radius 2 is 1.87 bits per heavy atom. The van der Waals surface area contributed by atoms with E-state index in [9.17, 15) is 0 Å². The number of nitriles is 1. The molecule has 1 N–H and O–H groups in total. The second-order valence-electron chi connectivity index (χ2n) is 10.5. The van der Waals surface area contributed by atoms with Gasteiger partial charge in [-0.2, -0.15) is 9.78 Å². The monoisotopic (exact) mass is 560 g/mol. The number of fused-ring (bicyclic) bond motifs is 1. The van der Waals surface area contributed by atoms with Crippen molar-refractivity contribution in [3.05, 3.63) is 69.7 Å². The topological polar surface area (TPSA) is 95.0 Å². The van der Waals surface area contributed by atoms with Crippen molar-refractivity contribution in [1.29, 1.82) is 5.26 Å². The van der Waals surface area contributed by atoms with Crippen molar-refractivity contribution in [3.8, 4) is 17.3 Å². The molecule has 4 heterocycles. The van der Waals surface area contributed by atoms with Gasteiger partial charge in [0.1, 0.15) is 6.07 Å². The van der Waals surface area contributed by atoms with Crippen LogP contribution >= 0.6 is 23.2 Å². The number of likely N-dealkylation sites (tertiary alicyclic amines) is 1. The summed E-state index contributed by atoms with van der Waals surface area (Å²) < 4.78 is 1.82. The minimum Gasteiger partial charge on any atom is -0.354 e. The van der Waals surface area contributed by atoms with Gasteiger partial charge in [0.2, 0.25) is 5.95 Å². The number of aryl methyl sites for hydroxylation is 1. The van der Waals surface area contributed by atoms with Crippen LogP contribution in [0, 0.1) is 17.2 Å². The van der Waals surface area contributed by atoms with E-state index >= 15 is 0 Å². The number of benzene rings is 1. The van der Waals surface area contributed by atoms with Crippen LogP contribution < -0.4 is 5.32 Å². The van der Waals surface area contributed by atoms with E-state index < -0.39 is 0 Å². The lowest BCUT2D eigenvalue weighted by Crippen LogP contribution is -2.34. The summed E-state index contributed by atoms with van der Waals surface area (Å²) in [6.07, 6.45) is 8.17. The van der Waals surface area contributed by atoms with Crippen LogP contribution in [0.15, 0.2) is 42.6 Å². The molecule has 8 nitrogen and oxygen atoms in total. The number of halogens is 2. The van der Waals surface area contributed by atoms with E-state index in [-0.39, 0.29) is 0 Å². The molecule has 0 unspecified atom stereocenters. The van der Waals surface area contributed by atoms with Crippen molar-refractivity contribution < 1.29 is 0 Å². The zero-order valence-corrected chi connectivity index (χ0v) is 23.2. The second-order valence-corrected chi connectivity index (χ2v) is 11.4. The largest absolute Gasteiger partial charge is 0.354 e. The highest BCUT2D eigenvalue weighted by molar-refractivity contribution is 6.36. The lowest BCUT2D eigenvalue weighted by atomic mass is 9.96. The molecule has 39 heavy (non-hydrogen) atoms. The van der Waals surface area contributed by atoms with Crippen molar-refractivity contribution in [2.75, 3.05) is 31.5 Å². The first-order valence-electron chi connectivity index (χ1n) is 13.6. The van der Waals surface area contributed by atoms with E-state index in [0.29, 0.717) is 34.0 Å². The molecular formula is C29H30Cl2N8. The van der Waals surface area contributed by atoms with Crippen molar-refractivity contribution in [2.45, 2.75) is 44.4 Å². The standard InChI is InChI=1S/C29H30Cl2N8/c30-22-6-8-24(25(31)14-22)26-15-27-36-28(21-9-12-38(13-10-21)18-19-3-4-19)37-39(27)29(35-26)33-11-1-2-23-7-5-20(16-32)17-34-23/h5-8,14-15,17,19,21H,1-4,9-13,18H2,(H,33,35). The number of piperidine rings is 1. The smallest absolute Gasteiger partial charge is 0.226 e. The molecule has 0 spiro atoms.